The molecule has 120 valence electrons. The van der Waals surface area contributed by atoms with Crippen LogP contribution < -0.4 is 0 Å². The van der Waals surface area contributed by atoms with E-state index < -0.39 is 0 Å². The Labute approximate surface area is 140 Å². The van der Waals surface area contributed by atoms with E-state index in [2.05, 4.69) is 32.7 Å². The molecule has 24 heavy (non-hydrogen) atoms. The second-order valence-corrected chi connectivity index (χ2v) is 5.93. The third-order valence-corrected chi connectivity index (χ3v) is 4.03. The van der Waals surface area contributed by atoms with Crippen LogP contribution in [0.5, 0.6) is 0 Å². The summed E-state index contributed by atoms with van der Waals surface area (Å²) in [6, 6.07) is 14.1. The first-order chi connectivity index (χ1) is 11.7. The average molecular weight is 318 g/mol. The molecule has 4 aromatic rings. The Morgan fingerprint density at radius 1 is 1.08 bits per heavy atom. The van der Waals surface area contributed by atoms with Gasteiger partial charge in [0.25, 0.3) is 5.89 Å². The Bertz CT molecular complexity index is 999. The molecule has 2 aromatic heterocycles. The molecule has 0 bridgehead atoms. The monoisotopic (exact) mass is 318 g/mol. The van der Waals surface area contributed by atoms with E-state index in [1.807, 2.05) is 49.6 Å². The Kier molecular flexibility index (Phi) is 3.61. The summed E-state index contributed by atoms with van der Waals surface area (Å²) in [4.78, 5) is 9.01. The van der Waals surface area contributed by atoms with Crippen molar-refractivity contribution in [1.29, 1.82) is 0 Å². The number of imidazole rings is 1. The molecule has 0 unspecified atom stereocenters. The molecule has 4 rings (SSSR count). The van der Waals surface area contributed by atoms with Crippen molar-refractivity contribution in [3.05, 3.63) is 54.4 Å². The van der Waals surface area contributed by atoms with Gasteiger partial charge < -0.3 is 9.09 Å². The zero-order valence-corrected chi connectivity index (χ0v) is 13.7. The molecule has 2 aromatic carbocycles. The van der Waals surface area contributed by atoms with E-state index in [1.54, 1.807) is 0 Å². The third-order valence-electron chi connectivity index (χ3n) is 4.03. The van der Waals surface area contributed by atoms with E-state index in [4.69, 9.17) is 4.52 Å². The quantitative estimate of drug-likeness (QED) is 0.557. The summed E-state index contributed by atoms with van der Waals surface area (Å²) in [6.45, 7) is 5.17. The van der Waals surface area contributed by atoms with Crippen molar-refractivity contribution in [3.63, 3.8) is 0 Å². The van der Waals surface area contributed by atoms with Crippen molar-refractivity contribution in [1.82, 2.24) is 19.7 Å². The topological polar surface area (TPSA) is 56.7 Å². The number of nitrogens with zero attached hydrogens (tertiary/aromatic N) is 4. The summed E-state index contributed by atoms with van der Waals surface area (Å²) in [6.07, 6.45) is 2.96. The Morgan fingerprint density at radius 2 is 2.00 bits per heavy atom. The van der Waals surface area contributed by atoms with Crippen molar-refractivity contribution in [2.45, 2.75) is 26.8 Å². The smallest absolute Gasteiger partial charge is 0.258 e. The molecular formula is C19H18N4O. The van der Waals surface area contributed by atoms with Crippen LogP contribution in [-0.2, 0) is 6.54 Å². The van der Waals surface area contributed by atoms with Crippen LogP contribution in [0.1, 0.15) is 18.9 Å². The Morgan fingerprint density at radius 3 is 2.83 bits per heavy atom. The maximum atomic E-state index is 5.43. The molecule has 0 amide bonds. The maximum absolute atomic E-state index is 5.43. The fourth-order valence-electron chi connectivity index (χ4n) is 2.86. The highest BCUT2D eigenvalue weighted by atomic mass is 16.5. The standard InChI is InChI=1S/C19H18N4O/c1-3-9-23-12-20-16-11-14(7-8-17(16)23)18-21-19(24-22-18)15-6-4-5-13(2)10-15/h4-8,10-12H,3,9H2,1-2H3. The van der Waals surface area contributed by atoms with Gasteiger partial charge in [-0.05, 0) is 43.7 Å². The molecule has 2 heterocycles. The molecule has 0 radical (unpaired) electrons. The molecule has 0 N–H and O–H groups in total. The summed E-state index contributed by atoms with van der Waals surface area (Å²) in [5.41, 5.74) is 5.08. The van der Waals surface area contributed by atoms with Gasteiger partial charge in [-0.15, -0.1) is 0 Å². The number of hydrogen-bond acceptors (Lipinski definition) is 4. The fourth-order valence-corrected chi connectivity index (χ4v) is 2.86. The van der Waals surface area contributed by atoms with Gasteiger partial charge in [0.05, 0.1) is 17.4 Å². The number of fused-ring (bicyclic) bond motifs is 1. The Balaban J connectivity index is 1.70. The molecule has 0 fully saturated rings. The number of hydrogen-bond donors (Lipinski definition) is 0. The lowest BCUT2D eigenvalue weighted by atomic mass is 10.1. The van der Waals surface area contributed by atoms with Crippen LogP contribution in [0.25, 0.3) is 33.9 Å². The minimum absolute atomic E-state index is 0.533. The average Bonchev–Trinajstić information content (AvgIpc) is 3.22. The van der Waals surface area contributed by atoms with Gasteiger partial charge in [-0.25, -0.2) is 4.98 Å². The van der Waals surface area contributed by atoms with Gasteiger partial charge in [-0.3, -0.25) is 0 Å². The van der Waals surface area contributed by atoms with E-state index in [0.29, 0.717) is 11.7 Å². The van der Waals surface area contributed by atoms with Gasteiger partial charge in [0.2, 0.25) is 5.82 Å². The molecule has 0 aliphatic rings. The van der Waals surface area contributed by atoms with E-state index >= 15 is 0 Å². The molecule has 0 spiro atoms. The molecule has 0 aliphatic heterocycles. The first-order valence-electron chi connectivity index (χ1n) is 8.10. The van der Waals surface area contributed by atoms with Gasteiger partial charge >= 0.3 is 0 Å². The summed E-state index contributed by atoms with van der Waals surface area (Å²) in [5, 5.41) is 4.12. The predicted molar refractivity (Wildman–Crippen MR) is 93.5 cm³/mol. The number of benzene rings is 2. The molecular weight excluding hydrogens is 300 g/mol. The van der Waals surface area contributed by atoms with Crippen molar-refractivity contribution >= 4 is 11.0 Å². The fraction of sp³-hybridized carbons (Fsp3) is 0.211. The zero-order chi connectivity index (χ0) is 16.5. The van der Waals surface area contributed by atoms with Crippen LogP contribution in [0.15, 0.2) is 53.3 Å². The normalized spacial score (nSPS) is 11.2. The number of aromatic nitrogens is 4. The van der Waals surface area contributed by atoms with Gasteiger partial charge in [0.1, 0.15) is 0 Å². The number of rotatable bonds is 4. The summed E-state index contributed by atoms with van der Waals surface area (Å²) in [5.74, 6) is 1.11. The van der Waals surface area contributed by atoms with Crippen molar-refractivity contribution in [3.8, 4) is 22.8 Å². The van der Waals surface area contributed by atoms with E-state index in [9.17, 15) is 0 Å². The molecule has 5 nitrogen and oxygen atoms in total. The molecule has 5 heteroatoms. The highest BCUT2D eigenvalue weighted by Crippen LogP contribution is 2.25. The van der Waals surface area contributed by atoms with Crippen molar-refractivity contribution < 1.29 is 4.52 Å². The first kappa shape index (κ1) is 14.6. The molecule has 0 saturated heterocycles. The van der Waals surface area contributed by atoms with Gasteiger partial charge in [0, 0.05) is 17.7 Å². The van der Waals surface area contributed by atoms with Crippen LogP contribution in [-0.4, -0.2) is 19.7 Å². The highest BCUT2D eigenvalue weighted by molar-refractivity contribution is 5.80. The van der Waals surface area contributed by atoms with Crippen LogP contribution >= 0.6 is 0 Å². The summed E-state index contributed by atoms with van der Waals surface area (Å²) < 4.78 is 7.59. The molecule has 0 saturated carbocycles. The molecule has 0 atom stereocenters. The second-order valence-electron chi connectivity index (χ2n) is 5.93. The van der Waals surface area contributed by atoms with Crippen LogP contribution in [0.3, 0.4) is 0 Å². The van der Waals surface area contributed by atoms with Crippen LogP contribution in [0.4, 0.5) is 0 Å². The van der Waals surface area contributed by atoms with Gasteiger partial charge in [-0.2, -0.15) is 4.98 Å². The van der Waals surface area contributed by atoms with Crippen molar-refractivity contribution in [2.24, 2.45) is 0 Å². The van der Waals surface area contributed by atoms with Gasteiger partial charge in [0.15, 0.2) is 0 Å². The van der Waals surface area contributed by atoms with Gasteiger partial charge in [-0.1, -0.05) is 29.8 Å². The van der Waals surface area contributed by atoms with E-state index in [0.717, 1.165) is 40.7 Å². The van der Waals surface area contributed by atoms with E-state index in [1.165, 1.54) is 0 Å². The maximum Gasteiger partial charge on any atom is 0.258 e. The number of aryl methyl sites for hydroxylation is 2. The second kappa shape index (κ2) is 5.92. The predicted octanol–water partition coefficient (Wildman–Crippen LogP) is 4.47. The largest absolute Gasteiger partial charge is 0.334 e. The SMILES string of the molecule is CCCn1cnc2cc(-c3noc(-c4cccc(C)c4)n3)ccc21. The van der Waals surface area contributed by atoms with E-state index in [-0.39, 0.29) is 0 Å². The minimum Gasteiger partial charge on any atom is -0.334 e. The lowest BCUT2D eigenvalue weighted by Gasteiger charge is -2.01. The highest BCUT2D eigenvalue weighted by Gasteiger charge is 2.12. The first-order valence-corrected chi connectivity index (χ1v) is 8.10. The summed E-state index contributed by atoms with van der Waals surface area (Å²) in [7, 11) is 0. The van der Waals surface area contributed by atoms with Crippen LogP contribution in [0.2, 0.25) is 0 Å². The summed E-state index contributed by atoms with van der Waals surface area (Å²) >= 11 is 0. The van der Waals surface area contributed by atoms with Crippen molar-refractivity contribution in [2.75, 3.05) is 0 Å². The lowest BCUT2D eigenvalue weighted by molar-refractivity contribution is 0.432. The van der Waals surface area contributed by atoms with Crippen LogP contribution in [0, 0.1) is 6.92 Å². The Hall–Kier alpha value is -2.95. The third kappa shape index (κ3) is 2.58. The zero-order valence-electron chi connectivity index (χ0n) is 13.7. The minimum atomic E-state index is 0.533. The molecule has 0 aliphatic carbocycles. The lowest BCUT2D eigenvalue weighted by Crippen LogP contribution is -1.93.